The maximum Gasteiger partial charge on any atom is 0.318 e. The molecule has 2 heterocycles. The number of thiophene rings is 1. The van der Waals surface area contributed by atoms with Crippen molar-refractivity contribution in [3.8, 4) is 11.5 Å². The first-order chi connectivity index (χ1) is 15.1. The normalized spacial score (nSPS) is 15.0. The van der Waals surface area contributed by atoms with Gasteiger partial charge in [0.2, 0.25) is 5.91 Å². The van der Waals surface area contributed by atoms with Gasteiger partial charge in [-0.15, -0.1) is 17.9 Å². The SMILES string of the molecule is C=CCN(CC(=O)N1CCc2sccc2[C@@H]1COc1ccccc1OC)C(=O)NCC. The number of hydrogen-bond donors (Lipinski definition) is 1. The van der Waals surface area contributed by atoms with Crippen LogP contribution in [0.3, 0.4) is 0 Å². The molecule has 1 atom stereocenters. The molecule has 2 aromatic rings. The molecule has 1 aromatic heterocycles. The third-order valence-electron chi connectivity index (χ3n) is 5.17. The minimum Gasteiger partial charge on any atom is -0.493 e. The Kier molecular flexibility index (Phi) is 7.94. The number of fused-ring (bicyclic) bond motifs is 1. The molecule has 166 valence electrons. The lowest BCUT2D eigenvalue weighted by molar-refractivity contribution is -0.135. The van der Waals surface area contributed by atoms with Crippen LogP contribution in [-0.2, 0) is 11.2 Å². The number of ether oxygens (including phenoxy) is 2. The minimum atomic E-state index is -0.272. The lowest BCUT2D eigenvalue weighted by atomic mass is 10.0. The molecule has 0 spiro atoms. The van der Waals surface area contributed by atoms with Crippen LogP contribution in [-0.4, -0.2) is 61.6 Å². The molecule has 0 radical (unpaired) electrons. The standard InChI is InChI=1S/C23H29N3O4S/c1-4-12-25(23(28)24-5-2)15-22(27)26-13-10-21-17(11-14-31-21)18(26)16-30-20-9-7-6-8-19(20)29-3/h4,6-9,11,14,18H,1,5,10,12-13,15-16H2,2-3H3,(H,24,28)/t18-/m0/s1. The van der Waals surface area contributed by atoms with Crippen molar-refractivity contribution in [3.05, 3.63) is 58.8 Å². The third kappa shape index (κ3) is 5.38. The quantitative estimate of drug-likeness (QED) is 0.603. The summed E-state index contributed by atoms with van der Waals surface area (Å²) in [6.07, 6.45) is 2.42. The van der Waals surface area contributed by atoms with E-state index >= 15 is 0 Å². The summed E-state index contributed by atoms with van der Waals surface area (Å²) in [6.45, 7) is 7.23. The Morgan fingerprint density at radius 2 is 2.10 bits per heavy atom. The van der Waals surface area contributed by atoms with Gasteiger partial charge in [0, 0.05) is 24.5 Å². The van der Waals surface area contributed by atoms with Crippen molar-refractivity contribution >= 4 is 23.3 Å². The average molecular weight is 444 g/mol. The molecular weight excluding hydrogens is 414 g/mol. The van der Waals surface area contributed by atoms with E-state index in [2.05, 4.69) is 18.0 Å². The Bertz CT molecular complexity index is 914. The highest BCUT2D eigenvalue weighted by atomic mass is 32.1. The van der Waals surface area contributed by atoms with Crippen molar-refractivity contribution in [2.75, 3.05) is 39.9 Å². The van der Waals surface area contributed by atoms with Gasteiger partial charge in [0.05, 0.1) is 13.2 Å². The average Bonchev–Trinajstić information content (AvgIpc) is 3.26. The zero-order valence-electron chi connectivity index (χ0n) is 18.0. The summed E-state index contributed by atoms with van der Waals surface area (Å²) >= 11 is 1.70. The molecule has 31 heavy (non-hydrogen) atoms. The van der Waals surface area contributed by atoms with Gasteiger partial charge in [-0.25, -0.2) is 4.79 Å². The topological polar surface area (TPSA) is 71.1 Å². The summed E-state index contributed by atoms with van der Waals surface area (Å²) in [4.78, 5) is 30.2. The van der Waals surface area contributed by atoms with E-state index in [1.807, 2.05) is 41.5 Å². The number of carbonyl (C=O) groups is 2. The van der Waals surface area contributed by atoms with E-state index in [1.54, 1.807) is 24.5 Å². The van der Waals surface area contributed by atoms with Crippen LogP contribution in [0, 0.1) is 0 Å². The number of urea groups is 1. The van der Waals surface area contributed by atoms with Crippen molar-refractivity contribution in [1.29, 1.82) is 0 Å². The molecule has 1 aromatic carbocycles. The van der Waals surface area contributed by atoms with Gasteiger partial charge >= 0.3 is 6.03 Å². The Balaban J connectivity index is 1.78. The molecule has 0 saturated carbocycles. The maximum absolute atomic E-state index is 13.3. The molecule has 0 unspecified atom stereocenters. The molecule has 0 saturated heterocycles. The van der Waals surface area contributed by atoms with Gasteiger partial charge in [-0.1, -0.05) is 18.2 Å². The highest BCUT2D eigenvalue weighted by molar-refractivity contribution is 7.10. The summed E-state index contributed by atoms with van der Waals surface area (Å²) < 4.78 is 11.5. The first-order valence-electron chi connectivity index (χ1n) is 10.3. The van der Waals surface area contributed by atoms with E-state index in [9.17, 15) is 9.59 Å². The van der Waals surface area contributed by atoms with Crippen LogP contribution in [0.2, 0.25) is 0 Å². The number of nitrogens with zero attached hydrogens (tertiary/aromatic N) is 2. The lowest BCUT2D eigenvalue weighted by Crippen LogP contribution is -2.49. The van der Waals surface area contributed by atoms with Gasteiger partial charge < -0.3 is 24.6 Å². The number of rotatable bonds is 9. The molecule has 3 rings (SSSR count). The molecule has 0 fully saturated rings. The Labute approximate surface area is 187 Å². The largest absolute Gasteiger partial charge is 0.493 e. The van der Waals surface area contributed by atoms with E-state index in [0.29, 0.717) is 37.7 Å². The molecule has 1 aliphatic heterocycles. The molecule has 0 bridgehead atoms. The number of hydrogen-bond acceptors (Lipinski definition) is 5. The number of methoxy groups -OCH3 is 1. The van der Waals surface area contributed by atoms with Crippen molar-refractivity contribution in [1.82, 2.24) is 15.1 Å². The van der Waals surface area contributed by atoms with Gasteiger partial charge in [-0.3, -0.25) is 4.79 Å². The van der Waals surface area contributed by atoms with E-state index in [-0.39, 0.29) is 24.5 Å². The van der Waals surface area contributed by atoms with Crippen LogP contribution in [0.25, 0.3) is 0 Å². The van der Waals surface area contributed by atoms with E-state index in [4.69, 9.17) is 9.47 Å². The molecule has 1 N–H and O–H groups in total. The van der Waals surface area contributed by atoms with Crippen LogP contribution in [0.1, 0.15) is 23.4 Å². The number of para-hydroxylation sites is 2. The molecule has 0 aliphatic carbocycles. The third-order valence-corrected chi connectivity index (χ3v) is 6.17. The van der Waals surface area contributed by atoms with Crippen LogP contribution < -0.4 is 14.8 Å². The number of nitrogens with one attached hydrogen (secondary N) is 1. The fraction of sp³-hybridized carbons (Fsp3) is 0.391. The van der Waals surface area contributed by atoms with Crippen molar-refractivity contribution in [2.45, 2.75) is 19.4 Å². The van der Waals surface area contributed by atoms with E-state index in [0.717, 1.165) is 12.0 Å². The monoisotopic (exact) mass is 443 g/mol. The smallest absolute Gasteiger partial charge is 0.318 e. The van der Waals surface area contributed by atoms with Gasteiger partial charge in [-0.05, 0) is 42.5 Å². The van der Waals surface area contributed by atoms with Crippen LogP contribution in [0.4, 0.5) is 4.79 Å². The highest BCUT2D eigenvalue weighted by Gasteiger charge is 2.33. The Hall–Kier alpha value is -3.00. The van der Waals surface area contributed by atoms with Gasteiger partial charge in [-0.2, -0.15) is 0 Å². The first kappa shape index (κ1) is 22.7. The van der Waals surface area contributed by atoms with Gasteiger partial charge in [0.25, 0.3) is 0 Å². The second-order valence-corrected chi connectivity index (χ2v) is 8.12. The zero-order valence-corrected chi connectivity index (χ0v) is 18.8. The minimum absolute atomic E-state index is 0.0114. The molecule has 1 aliphatic rings. The lowest BCUT2D eigenvalue weighted by Gasteiger charge is -2.37. The summed E-state index contributed by atoms with van der Waals surface area (Å²) in [5, 5.41) is 4.80. The fourth-order valence-corrected chi connectivity index (χ4v) is 4.60. The molecule has 7 nitrogen and oxygen atoms in total. The maximum atomic E-state index is 13.3. The van der Waals surface area contributed by atoms with Crippen LogP contribution >= 0.6 is 11.3 Å². The number of carbonyl (C=O) groups excluding carboxylic acids is 2. The van der Waals surface area contributed by atoms with Crippen molar-refractivity contribution in [3.63, 3.8) is 0 Å². The second kappa shape index (κ2) is 10.9. The van der Waals surface area contributed by atoms with E-state index < -0.39 is 0 Å². The predicted octanol–water partition coefficient (Wildman–Crippen LogP) is 3.48. The Morgan fingerprint density at radius 3 is 2.81 bits per heavy atom. The second-order valence-electron chi connectivity index (χ2n) is 7.12. The van der Waals surface area contributed by atoms with Crippen LogP contribution in [0.5, 0.6) is 11.5 Å². The summed E-state index contributed by atoms with van der Waals surface area (Å²) in [5.41, 5.74) is 1.10. The summed E-state index contributed by atoms with van der Waals surface area (Å²) in [6, 6.07) is 9.02. The summed E-state index contributed by atoms with van der Waals surface area (Å²) in [7, 11) is 1.60. The number of benzene rings is 1. The predicted molar refractivity (Wildman–Crippen MR) is 122 cm³/mol. The van der Waals surface area contributed by atoms with Gasteiger partial charge in [0.1, 0.15) is 13.2 Å². The first-order valence-corrected chi connectivity index (χ1v) is 11.2. The Morgan fingerprint density at radius 1 is 1.32 bits per heavy atom. The molecule has 8 heteroatoms. The van der Waals surface area contributed by atoms with E-state index in [1.165, 1.54) is 9.78 Å². The molecule has 3 amide bonds. The van der Waals surface area contributed by atoms with Crippen LogP contribution in [0.15, 0.2) is 48.4 Å². The fourth-order valence-electron chi connectivity index (χ4n) is 3.67. The summed E-state index contributed by atoms with van der Waals surface area (Å²) in [5.74, 6) is 1.17. The molecular formula is C23H29N3O4S. The van der Waals surface area contributed by atoms with Crippen molar-refractivity contribution < 1.29 is 19.1 Å². The zero-order chi connectivity index (χ0) is 22.2. The van der Waals surface area contributed by atoms with Crippen molar-refractivity contribution in [2.24, 2.45) is 0 Å². The van der Waals surface area contributed by atoms with Gasteiger partial charge in [0.15, 0.2) is 11.5 Å². The number of amides is 3. The highest BCUT2D eigenvalue weighted by Crippen LogP contribution is 2.35.